The number of hydrogen-bond donors (Lipinski definition) is 3. The number of hydrogen-bond acceptors (Lipinski definition) is 9. The molecule has 0 unspecified atom stereocenters. The Labute approximate surface area is 162 Å². The van der Waals surface area contributed by atoms with Gasteiger partial charge in [-0.1, -0.05) is 11.2 Å². The highest BCUT2D eigenvalue weighted by Gasteiger charge is 2.35. The summed E-state index contributed by atoms with van der Waals surface area (Å²) in [6.07, 6.45) is 1.52. The molecule has 5 rings (SSSR count). The van der Waals surface area contributed by atoms with Gasteiger partial charge in [-0.05, 0) is 47.2 Å². The van der Waals surface area contributed by atoms with Crippen molar-refractivity contribution < 1.29 is 14.3 Å². The minimum Gasteiger partial charge on any atom is -0.504 e. The third kappa shape index (κ3) is 2.63. The smallest absolute Gasteiger partial charge is 0.288 e. The monoisotopic (exact) mass is 393 g/mol. The molecule has 0 aliphatic carbocycles. The molecule has 0 fully saturated rings. The molecule has 0 bridgehead atoms. The molecule has 0 spiro atoms. The van der Waals surface area contributed by atoms with Crippen molar-refractivity contribution in [3.8, 4) is 23.0 Å². The number of fused-ring (bicyclic) bond motifs is 2. The summed E-state index contributed by atoms with van der Waals surface area (Å²) in [7, 11) is 0. The molecule has 0 amide bonds. The molecule has 4 heterocycles. The van der Waals surface area contributed by atoms with E-state index in [-0.39, 0.29) is 11.4 Å². The highest BCUT2D eigenvalue weighted by molar-refractivity contribution is 5.73. The lowest BCUT2D eigenvalue weighted by atomic mass is 9.94. The number of aromatic hydroxyl groups is 1. The molecule has 3 N–H and O–H groups in total. The first kappa shape index (κ1) is 17.0. The van der Waals surface area contributed by atoms with E-state index >= 15 is 0 Å². The van der Waals surface area contributed by atoms with Crippen LogP contribution in [0.2, 0.25) is 0 Å². The maximum atomic E-state index is 12.6. The largest absolute Gasteiger partial charge is 0.504 e. The summed E-state index contributed by atoms with van der Waals surface area (Å²) in [6.45, 7) is 2.21. The van der Waals surface area contributed by atoms with E-state index in [2.05, 4.69) is 31.0 Å². The van der Waals surface area contributed by atoms with E-state index in [9.17, 15) is 9.90 Å². The lowest BCUT2D eigenvalue weighted by molar-refractivity contribution is 0.317. The zero-order valence-electron chi connectivity index (χ0n) is 15.2. The molecule has 146 valence electrons. The Kier molecular flexibility index (Phi) is 3.79. The molecule has 1 aliphatic rings. The van der Waals surface area contributed by atoms with Crippen LogP contribution in [0.4, 0.5) is 11.6 Å². The van der Waals surface area contributed by atoms with Crippen molar-refractivity contribution in [2.24, 2.45) is 0 Å². The molecule has 29 heavy (non-hydrogen) atoms. The average Bonchev–Trinajstić information content (AvgIpc) is 3.41. The van der Waals surface area contributed by atoms with E-state index in [4.69, 9.17) is 9.15 Å². The second-order valence-corrected chi connectivity index (χ2v) is 6.30. The summed E-state index contributed by atoms with van der Waals surface area (Å²) in [4.78, 5) is 12.6. The molecule has 11 heteroatoms. The topological polar surface area (TPSA) is 144 Å². The Hall–Kier alpha value is -4.15. The molecule has 4 aromatic rings. The number of phenolic OH excluding ortho intramolecular Hbond substituents is 1. The fourth-order valence-electron chi connectivity index (χ4n) is 3.42. The number of nitrogens with zero attached hydrogens (tertiary/aromatic N) is 5. The zero-order valence-corrected chi connectivity index (χ0v) is 15.2. The normalized spacial score (nSPS) is 14.7. The number of ether oxygens (including phenoxy) is 1. The van der Waals surface area contributed by atoms with Crippen LogP contribution in [0.3, 0.4) is 0 Å². The van der Waals surface area contributed by atoms with Gasteiger partial charge in [-0.2, -0.15) is 9.78 Å². The van der Waals surface area contributed by atoms with Crippen molar-refractivity contribution >= 4 is 11.6 Å². The van der Waals surface area contributed by atoms with Crippen LogP contribution < -0.4 is 15.6 Å². The quantitative estimate of drug-likeness (QED) is 0.416. The van der Waals surface area contributed by atoms with E-state index < -0.39 is 11.6 Å². The van der Waals surface area contributed by atoms with Crippen molar-refractivity contribution in [1.82, 2.24) is 30.4 Å². The SMILES string of the molecule is CCOc1cc([C@@H]2c3c(-c4ccco4)n[nH]c(=O)c3Nc3nnnn32)ccc1O. The predicted molar refractivity (Wildman–Crippen MR) is 100 cm³/mol. The Morgan fingerprint density at radius 3 is 3.03 bits per heavy atom. The highest BCUT2D eigenvalue weighted by Crippen LogP contribution is 2.42. The highest BCUT2D eigenvalue weighted by atomic mass is 16.5. The molecule has 0 saturated carbocycles. The molecular formula is C18H15N7O4. The van der Waals surface area contributed by atoms with Gasteiger partial charge in [0, 0.05) is 5.56 Å². The van der Waals surface area contributed by atoms with Crippen LogP contribution in [-0.4, -0.2) is 42.1 Å². The van der Waals surface area contributed by atoms with Crippen molar-refractivity contribution in [3.05, 3.63) is 58.1 Å². The van der Waals surface area contributed by atoms with Gasteiger partial charge in [0.2, 0.25) is 5.95 Å². The van der Waals surface area contributed by atoms with Gasteiger partial charge >= 0.3 is 0 Å². The number of nitrogens with one attached hydrogen (secondary N) is 2. The molecule has 11 nitrogen and oxygen atoms in total. The summed E-state index contributed by atoms with van der Waals surface area (Å²) in [5, 5.41) is 31.5. The van der Waals surface area contributed by atoms with Gasteiger partial charge in [0.05, 0.1) is 12.9 Å². The molecule has 3 aromatic heterocycles. The molecule has 0 radical (unpaired) electrons. The Morgan fingerprint density at radius 1 is 1.34 bits per heavy atom. The summed E-state index contributed by atoms with van der Waals surface area (Å²) >= 11 is 0. The van der Waals surface area contributed by atoms with Crippen LogP contribution in [0.25, 0.3) is 11.5 Å². The van der Waals surface area contributed by atoms with Gasteiger partial charge in [-0.15, -0.1) is 0 Å². The number of furan rings is 1. The second-order valence-electron chi connectivity index (χ2n) is 6.30. The molecule has 1 aliphatic heterocycles. The predicted octanol–water partition coefficient (Wildman–Crippen LogP) is 1.82. The first-order valence-electron chi connectivity index (χ1n) is 8.84. The van der Waals surface area contributed by atoms with E-state index in [1.165, 1.54) is 17.0 Å². The van der Waals surface area contributed by atoms with Gasteiger partial charge in [0.1, 0.15) is 17.4 Å². The number of rotatable bonds is 4. The zero-order chi connectivity index (χ0) is 20.0. The first-order chi connectivity index (χ1) is 14.2. The van der Waals surface area contributed by atoms with Gasteiger partial charge < -0.3 is 19.6 Å². The van der Waals surface area contributed by atoms with Crippen LogP contribution in [0.15, 0.2) is 45.8 Å². The summed E-state index contributed by atoms with van der Waals surface area (Å²) in [5.41, 5.74) is 1.52. The van der Waals surface area contributed by atoms with Crippen LogP contribution in [0, 0.1) is 0 Å². The Balaban J connectivity index is 1.79. The van der Waals surface area contributed by atoms with Gasteiger partial charge in [0.25, 0.3) is 5.56 Å². The van der Waals surface area contributed by atoms with E-state index in [0.29, 0.717) is 40.9 Å². The summed E-state index contributed by atoms with van der Waals surface area (Å²) in [5.74, 6) is 1.11. The Morgan fingerprint density at radius 2 is 2.24 bits per heavy atom. The maximum Gasteiger partial charge on any atom is 0.288 e. The lowest BCUT2D eigenvalue weighted by Crippen LogP contribution is -2.29. The van der Waals surface area contributed by atoms with Gasteiger partial charge in [0.15, 0.2) is 17.3 Å². The van der Waals surface area contributed by atoms with Crippen molar-refractivity contribution in [1.29, 1.82) is 0 Å². The van der Waals surface area contributed by atoms with E-state index in [1.54, 1.807) is 24.3 Å². The lowest BCUT2D eigenvalue weighted by Gasteiger charge is -2.27. The van der Waals surface area contributed by atoms with E-state index in [0.717, 1.165) is 0 Å². The van der Waals surface area contributed by atoms with E-state index in [1.807, 2.05) is 6.92 Å². The average molecular weight is 393 g/mol. The fourth-order valence-corrected chi connectivity index (χ4v) is 3.42. The van der Waals surface area contributed by atoms with Gasteiger partial charge in [-0.25, -0.2) is 5.10 Å². The minimum atomic E-state index is -0.606. The maximum absolute atomic E-state index is 12.6. The van der Waals surface area contributed by atoms with Crippen LogP contribution in [0.1, 0.15) is 24.1 Å². The minimum absolute atomic E-state index is 0.0111. The fraction of sp³-hybridized carbons (Fsp3) is 0.167. The third-order valence-corrected chi connectivity index (χ3v) is 4.62. The van der Waals surface area contributed by atoms with Gasteiger partial charge in [-0.3, -0.25) is 4.79 Å². The second kappa shape index (κ2) is 6.48. The van der Waals surface area contributed by atoms with Crippen LogP contribution >= 0.6 is 0 Å². The number of phenols is 1. The number of aromatic amines is 1. The number of benzene rings is 1. The molecule has 1 aromatic carbocycles. The number of anilines is 2. The number of aromatic nitrogens is 6. The summed E-state index contributed by atoms with van der Waals surface area (Å²) in [6, 6.07) is 7.81. The van der Waals surface area contributed by atoms with Crippen LogP contribution in [0.5, 0.6) is 11.5 Å². The third-order valence-electron chi connectivity index (χ3n) is 4.62. The number of H-pyrrole nitrogens is 1. The summed E-state index contributed by atoms with van der Waals surface area (Å²) < 4.78 is 12.6. The molecule has 0 saturated heterocycles. The molecular weight excluding hydrogens is 378 g/mol. The van der Waals surface area contributed by atoms with Crippen molar-refractivity contribution in [2.45, 2.75) is 13.0 Å². The van der Waals surface area contributed by atoms with Crippen molar-refractivity contribution in [3.63, 3.8) is 0 Å². The first-order valence-corrected chi connectivity index (χ1v) is 8.84. The molecule has 1 atom stereocenters. The standard InChI is InChI=1S/C18H15N7O4/c1-2-28-12-8-9(5-6-10(12)26)16-13-14(11-4-3-7-29-11)20-21-17(27)15(13)19-18-22-23-24-25(16)18/h3-8,16,26H,2H2,1H3,(H,21,27)(H,19,22,24)/t16-/m1/s1. The Bertz CT molecular complexity index is 1250. The number of tetrazole rings is 1. The van der Waals surface area contributed by atoms with Crippen molar-refractivity contribution in [2.75, 3.05) is 11.9 Å². The van der Waals surface area contributed by atoms with Crippen LogP contribution in [-0.2, 0) is 0 Å².